The molecule has 0 saturated heterocycles. The van der Waals surface area contributed by atoms with Crippen molar-refractivity contribution in [1.29, 1.82) is 0 Å². The van der Waals surface area contributed by atoms with Gasteiger partial charge < -0.3 is 4.74 Å². The Hall–Kier alpha value is 0.100. The van der Waals surface area contributed by atoms with Crippen LogP contribution in [0.25, 0.3) is 0 Å². The lowest BCUT2D eigenvalue weighted by atomic mass is 10.1. The lowest BCUT2D eigenvalue weighted by molar-refractivity contribution is -0.216. The van der Waals surface area contributed by atoms with E-state index in [-0.39, 0.29) is 12.5 Å². The van der Waals surface area contributed by atoms with Gasteiger partial charge in [0.2, 0.25) is 0 Å². The average molecular weight is 230 g/mol. The van der Waals surface area contributed by atoms with E-state index >= 15 is 0 Å². The highest BCUT2D eigenvalue weighted by Gasteiger charge is 2.37. The fourth-order valence-electron chi connectivity index (χ4n) is 1.01. The van der Waals surface area contributed by atoms with Gasteiger partial charge in [-0.2, -0.15) is 25.8 Å². The Morgan fingerprint density at radius 2 is 1.93 bits per heavy atom. The number of alkyl halides is 3. The second-order valence-electron chi connectivity index (χ2n) is 3.35. The summed E-state index contributed by atoms with van der Waals surface area (Å²) in [7, 11) is 0. The maximum atomic E-state index is 12.0. The third-order valence-electron chi connectivity index (χ3n) is 2.00. The normalized spacial score (nSPS) is 16.7. The fourth-order valence-corrected chi connectivity index (χ4v) is 1.30. The van der Waals surface area contributed by atoms with Crippen LogP contribution in [0.4, 0.5) is 13.2 Å². The molecule has 0 spiro atoms. The Kier molecular flexibility index (Phi) is 6.61. The molecule has 2 atom stereocenters. The molecule has 0 aromatic heterocycles. The third-order valence-corrected chi connectivity index (χ3v) is 2.51. The molecule has 0 N–H and O–H groups in total. The molecule has 0 aliphatic rings. The van der Waals surface area contributed by atoms with Crippen LogP contribution in [0.5, 0.6) is 0 Å². The molecule has 0 aliphatic heterocycles. The van der Waals surface area contributed by atoms with Crippen molar-refractivity contribution in [3.05, 3.63) is 0 Å². The van der Waals surface area contributed by atoms with E-state index in [0.29, 0.717) is 5.75 Å². The van der Waals surface area contributed by atoms with Crippen LogP contribution in [0, 0.1) is 5.92 Å². The lowest BCUT2D eigenvalue weighted by Gasteiger charge is -2.20. The van der Waals surface area contributed by atoms with Crippen molar-refractivity contribution in [3.63, 3.8) is 0 Å². The van der Waals surface area contributed by atoms with E-state index in [1.54, 1.807) is 0 Å². The van der Waals surface area contributed by atoms with Crippen molar-refractivity contribution in [1.82, 2.24) is 0 Å². The number of hydrogen-bond donors (Lipinski definition) is 1. The van der Waals surface area contributed by atoms with E-state index in [9.17, 15) is 13.2 Å². The summed E-state index contributed by atoms with van der Waals surface area (Å²) in [5, 5.41) is 0. The number of ether oxygens (including phenoxy) is 1. The minimum atomic E-state index is -4.26. The first kappa shape index (κ1) is 14.1. The zero-order chi connectivity index (χ0) is 11.2. The molecule has 2 unspecified atom stereocenters. The van der Waals surface area contributed by atoms with Crippen LogP contribution in [-0.2, 0) is 4.74 Å². The first-order chi connectivity index (χ1) is 6.41. The first-order valence-electron chi connectivity index (χ1n) is 4.71. The number of rotatable bonds is 6. The SMILES string of the molecule is CCCC(CS)COC(C)C(F)(F)F. The van der Waals surface area contributed by atoms with Crippen LogP contribution >= 0.6 is 12.6 Å². The highest BCUT2D eigenvalue weighted by Crippen LogP contribution is 2.23. The van der Waals surface area contributed by atoms with Gasteiger partial charge in [-0.1, -0.05) is 13.3 Å². The van der Waals surface area contributed by atoms with Crippen molar-refractivity contribution in [2.24, 2.45) is 5.92 Å². The molecule has 14 heavy (non-hydrogen) atoms. The second kappa shape index (κ2) is 6.56. The smallest absolute Gasteiger partial charge is 0.369 e. The Bertz CT molecular complexity index is 149. The molecule has 0 rings (SSSR count). The van der Waals surface area contributed by atoms with Crippen molar-refractivity contribution in [2.45, 2.75) is 39.0 Å². The van der Waals surface area contributed by atoms with Crippen molar-refractivity contribution in [3.8, 4) is 0 Å². The molecule has 0 aromatic carbocycles. The topological polar surface area (TPSA) is 9.23 Å². The summed E-state index contributed by atoms with van der Waals surface area (Å²) >= 11 is 4.06. The highest BCUT2D eigenvalue weighted by atomic mass is 32.1. The zero-order valence-corrected chi connectivity index (χ0v) is 9.37. The van der Waals surface area contributed by atoms with Crippen molar-refractivity contribution in [2.75, 3.05) is 12.4 Å². The summed E-state index contributed by atoms with van der Waals surface area (Å²) in [6.45, 7) is 3.16. The maximum absolute atomic E-state index is 12.0. The Labute approximate surface area is 88.4 Å². The Balaban J connectivity index is 3.79. The molecule has 5 heteroatoms. The molecule has 0 bridgehead atoms. The standard InChI is InChI=1S/C9H17F3OS/c1-3-4-8(6-14)5-13-7(2)9(10,11)12/h7-8,14H,3-6H2,1-2H3. The summed E-state index contributed by atoms with van der Waals surface area (Å²) in [5.74, 6) is 0.687. The summed E-state index contributed by atoms with van der Waals surface area (Å²) in [6, 6.07) is 0. The van der Waals surface area contributed by atoms with Gasteiger partial charge in [0, 0.05) is 0 Å². The quantitative estimate of drug-likeness (QED) is 0.689. The van der Waals surface area contributed by atoms with E-state index in [4.69, 9.17) is 4.74 Å². The molecule has 0 heterocycles. The van der Waals surface area contributed by atoms with E-state index < -0.39 is 12.3 Å². The Morgan fingerprint density at radius 1 is 1.36 bits per heavy atom. The predicted molar refractivity (Wildman–Crippen MR) is 53.7 cm³/mol. The fraction of sp³-hybridized carbons (Fsp3) is 1.00. The van der Waals surface area contributed by atoms with Gasteiger partial charge in [-0.25, -0.2) is 0 Å². The highest BCUT2D eigenvalue weighted by molar-refractivity contribution is 7.80. The molecular formula is C9H17F3OS. The largest absolute Gasteiger partial charge is 0.414 e. The predicted octanol–water partition coefficient (Wildman–Crippen LogP) is 3.30. The zero-order valence-electron chi connectivity index (χ0n) is 8.47. The number of thiol groups is 1. The van der Waals surface area contributed by atoms with Gasteiger partial charge >= 0.3 is 6.18 Å². The molecule has 86 valence electrons. The first-order valence-corrected chi connectivity index (χ1v) is 5.34. The molecular weight excluding hydrogens is 213 g/mol. The molecule has 0 aromatic rings. The minimum Gasteiger partial charge on any atom is -0.369 e. The van der Waals surface area contributed by atoms with Gasteiger partial charge in [0.25, 0.3) is 0 Å². The van der Waals surface area contributed by atoms with Crippen LogP contribution in [0.1, 0.15) is 26.7 Å². The van der Waals surface area contributed by atoms with Gasteiger partial charge in [0.15, 0.2) is 6.10 Å². The van der Waals surface area contributed by atoms with E-state index in [2.05, 4.69) is 12.6 Å². The van der Waals surface area contributed by atoms with Gasteiger partial charge in [-0.15, -0.1) is 0 Å². The van der Waals surface area contributed by atoms with Crippen LogP contribution < -0.4 is 0 Å². The molecule has 0 saturated carbocycles. The van der Waals surface area contributed by atoms with Gasteiger partial charge in [-0.05, 0) is 25.0 Å². The number of hydrogen-bond acceptors (Lipinski definition) is 2. The summed E-state index contributed by atoms with van der Waals surface area (Å²) in [4.78, 5) is 0. The molecule has 0 radical (unpaired) electrons. The van der Waals surface area contributed by atoms with Gasteiger partial charge in [-0.3, -0.25) is 0 Å². The third kappa shape index (κ3) is 5.75. The summed E-state index contributed by atoms with van der Waals surface area (Å²) < 4.78 is 40.9. The minimum absolute atomic E-state index is 0.119. The van der Waals surface area contributed by atoms with Crippen molar-refractivity contribution < 1.29 is 17.9 Å². The van der Waals surface area contributed by atoms with Gasteiger partial charge in [0.05, 0.1) is 6.61 Å². The lowest BCUT2D eigenvalue weighted by Crippen LogP contribution is -2.30. The van der Waals surface area contributed by atoms with Crippen LogP contribution in [-0.4, -0.2) is 24.6 Å². The molecule has 0 amide bonds. The molecule has 0 fully saturated rings. The maximum Gasteiger partial charge on any atom is 0.414 e. The van der Waals surface area contributed by atoms with Gasteiger partial charge in [0.1, 0.15) is 0 Å². The van der Waals surface area contributed by atoms with Crippen molar-refractivity contribution >= 4 is 12.6 Å². The molecule has 0 aliphatic carbocycles. The second-order valence-corrected chi connectivity index (χ2v) is 3.72. The molecule has 1 nitrogen and oxygen atoms in total. The van der Waals surface area contributed by atoms with E-state index in [0.717, 1.165) is 19.8 Å². The summed E-state index contributed by atoms with van der Waals surface area (Å²) in [6.07, 6.45) is -4.14. The monoisotopic (exact) mass is 230 g/mol. The van der Waals surface area contributed by atoms with Crippen LogP contribution in [0.15, 0.2) is 0 Å². The summed E-state index contributed by atoms with van der Waals surface area (Å²) in [5.41, 5.74) is 0. The van der Waals surface area contributed by atoms with E-state index in [1.807, 2.05) is 6.92 Å². The Morgan fingerprint density at radius 3 is 2.29 bits per heavy atom. The van der Waals surface area contributed by atoms with Crippen LogP contribution in [0.3, 0.4) is 0 Å². The average Bonchev–Trinajstić information content (AvgIpc) is 2.10. The number of halogens is 3. The van der Waals surface area contributed by atoms with E-state index in [1.165, 1.54) is 0 Å². The van der Waals surface area contributed by atoms with Crippen LogP contribution in [0.2, 0.25) is 0 Å².